The Balaban J connectivity index is 1.70. The molecule has 3 rings (SSSR count). The third-order valence-electron chi connectivity index (χ3n) is 4.77. The average Bonchev–Trinajstić information content (AvgIpc) is 3.13. The molecule has 0 saturated carbocycles. The summed E-state index contributed by atoms with van der Waals surface area (Å²) in [5.74, 6) is 1.20. The standard InChI is InChI=1S/C17H28N6O/c1-5-23-15(20-21-16(23)24)12-7-6-8-22(10-12)11-13-9-14(19-18-13)17(2,3)4/h9,12H,5-8,10-11H2,1-4H3,(H,18,19)(H,21,24). The fourth-order valence-electron chi connectivity index (χ4n) is 3.42. The van der Waals surface area contributed by atoms with Gasteiger partial charge in [0.2, 0.25) is 0 Å². The third-order valence-corrected chi connectivity index (χ3v) is 4.77. The van der Waals surface area contributed by atoms with Crippen molar-refractivity contribution in [2.75, 3.05) is 13.1 Å². The second kappa shape index (κ2) is 6.55. The van der Waals surface area contributed by atoms with Crippen LogP contribution in [0.15, 0.2) is 10.9 Å². The first kappa shape index (κ1) is 17.0. The smallest absolute Gasteiger partial charge is 0.297 e. The van der Waals surface area contributed by atoms with Gasteiger partial charge in [-0.05, 0) is 32.4 Å². The molecule has 7 nitrogen and oxygen atoms in total. The summed E-state index contributed by atoms with van der Waals surface area (Å²) in [4.78, 5) is 14.2. The first-order chi connectivity index (χ1) is 11.4. The van der Waals surface area contributed by atoms with Crippen LogP contribution in [0, 0.1) is 0 Å². The zero-order chi connectivity index (χ0) is 17.3. The Hall–Kier alpha value is -1.89. The highest BCUT2D eigenvalue weighted by Crippen LogP contribution is 2.26. The highest BCUT2D eigenvalue weighted by molar-refractivity contribution is 5.16. The van der Waals surface area contributed by atoms with Crippen LogP contribution in [0.3, 0.4) is 0 Å². The molecule has 0 bridgehead atoms. The Labute approximate surface area is 142 Å². The molecule has 24 heavy (non-hydrogen) atoms. The lowest BCUT2D eigenvalue weighted by molar-refractivity contribution is 0.192. The molecule has 0 spiro atoms. The van der Waals surface area contributed by atoms with E-state index in [4.69, 9.17) is 0 Å². The van der Waals surface area contributed by atoms with E-state index in [1.54, 1.807) is 4.57 Å². The summed E-state index contributed by atoms with van der Waals surface area (Å²) in [6, 6.07) is 2.17. The van der Waals surface area contributed by atoms with Crippen molar-refractivity contribution in [2.24, 2.45) is 0 Å². The van der Waals surface area contributed by atoms with E-state index in [1.807, 2.05) is 6.92 Å². The van der Waals surface area contributed by atoms with Crippen molar-refractivity contribution in [1.82, 2.24) is 29.9 Å². The zero-order valence-electron chi connectivity index (χ0n) is 15.1. The van der Waals surface area contributed by atoms with Gasteiger partial charge in [-0.3, -0.25) is 14.6 Å². The second-order valence-electron chi connectivity index (χ2n) is 7.73. The number of H-pyrrole nitrogens is 2. The Morgan fingerprint density at radius 2 is 2.08 bits per heavy atom. The fraction of sp³-hybridized carbons (Fsp3) is 0.706. The van der Waals surface area contributed by atoms with E-state index in [1.165, 1.54) is 0 Å². The molecule has 1 aliphatic heterocycles. The Morgan fingerprint density at radius 3 is 2.75 bits per heavy atom. The van der Waals surface area contributed by atoms with Crippen molar-refractivity contribution in [1.29, 1.82) is 0 Å². The maximum atomic E-state index is 11.8. The number of nitrogens with zero attached hydrogens (tertiary/aromatic N) is 4. The van der Waals surface area contributed by atoms with E-state index >= 15 is 0 Å². The van der Waals surface area contributed by atoms with Crippen LogP contribution in [0.5, 0.6) is 0 Å². The molecule has 132 valence electrons. The number of hydrogen-bond donors (Lipinski definition) is 2. The maximum Gasteiger partial charge on any atom is 0.343 e. The van der Waals surface area contributed by atoms with Crippen molar-refractivity contribution in [3.05, 3.63) is 33.8 Å². The predicted octanol–water partition coefficient (Wildman–Crippen LogP) is 1.99. The van der Waals surface area contributed by atoms with Crippen LogP contribution in [-0.2, 0) is 18.5 Å². The van der Waals surface area contributed by atoms with Crippen LogP contribution >= 0.6 is 0 Å². The highest BCUT2D eigenvalue weighted by atomic mass is 16.1. The number of hydrogen-bond acceptors (Lipinski definition) is 4. The zero-order valence-corrected chi connectivity index (χ0v) is 15.1. The van der Waals surface area contributed by atoms with E-state index in [9.17, 15) is 4.79 Å². The fourth-order valence-corrected chi connectivity index (χ4v) is 3.42. The third kappa shape index (κ3) is 3.45. The van der Waals surface area contributed by atoms with E-state index < -0.39 is 0 Å². The Kier molecular flexibility index (Phi) is 4.62. The van der Waals surface area contributed by atoms with E-state index in [0.717, 1.165) is 49.7 Å². The number of aromatic nitrogens is 5. The van der Waals surface area contributed by atoms with Crippen molar-refractivity contribution < 1.29 is 0 Å². The molecular weight excluding hydrogens is 304 g/mol. The molecule has 1 unspecified atom stereocenters. The second-order valence-corrected chi connectivity index (χ2v) is 7.73. The van der Waals surface area contributed by atoms with Gasteiger partial charge in [0.15, 0.2) is 0 Å². The SMILES string of the molecule is CCn1c(C2CCCN(Cc3cc(C(C)(C)C)n[nH]3)C2)n[nH]c1=O. The van der Waals surface area contributed by atoms with Gasteiger partial charge in [-0.2, -0.15) is 10.2 Å². The normalized spacial score (nSPS) is 19.8. The molecule has 0 aromatic carbocycles. The highest BCUT2D eigenvalue weighted by Gasteiger charge is 2.26. The Morgan fingerprint density at radius 1 is 1.29 bits per heavy atom. The van der Waals surface area contributed by atoms with Gasteiger partial charge >= 0.3 is 5.69 Å². The van der Waals surface area contributed by atoms with Crippen molar-refractivity contribution in [3.8, 4) is 0 Å². The van der Waals surface area contributed by atoms with E-state index in [-0.39, 0.29) is 11.1 Å². The van der Waals surface area contributed by atoms with Gasteiger partial charge < -0.3 is 0 Å². The quantitative estimate of drug-likeness (QED) is 0.897. The first-order valence-corrected chi connectivity index (χ1v) is 8.80. The number of nitrogens with one attached hydrogen (secondary N) is 2. The molecule has 1 atom stereocenters. The number of rotatable bonds is 4. The van der Waals surface area contributed by atoms with Gasteiger partial charge in [-0.1, -0.05) is 20.8 Å². The lowest BCUT2D eigenvalue weighted by Crippen LogP contribution is -2.35. The molecule has 0 amide bonds. The van der Waals surface area contributed by atoms with Crippen LogP contribution in [0.4, 0.5) is 0 Å². The first-order valence-electron chi connectivity index (χ1n) is 8.80. The number of aromatic amines is 2. The predicted molar refractivity (Wildman–Crippen MR) is 93.1 cm³/mol. The van der Waals surface area contributed by atoms with Gasteiger partial charge in [0, 0.05) is 36.7 Å². The molecule has 2 N–H and O–H groups in total. The molecule has 7 heteroatoms. The molecule has 1 aliphatic rings. The number of piperidine rings is 1. The molecular formula is C17H28N6O. The minimum absolute atomic E-state index is 0.0609. The van der Waals surface area contributed by atoms with E-state index in [2.05, 4.69) is 52.1 Å². The maximum absolute atomic E-state index is 11.8. The lowest BCUT2D eigenvalue weighted by atomic mass is 9.92. The molecule has 2 aromatic heterocycles. The van der Waals surface area contributed by atoms with Crippen LogP contribution < -0.4 is 5.69 Å². The van der Waals surface area contributed by atoms with Crippen LogP contribution in [0.1, 0.15) is 63.7 Å². The van der Waals surface area contributed by atoms with Crippen molar-refractivity contribution >= 4 is 0 Å². The summed E-state index contributed by atoms with van der Waals surface area (Å²) in [6.45, 7) is 12.0. The monoisotopic (exact) mass is 332 g/mol. The molecule has 0 aliphatic carbocycles. The summed E-state index contributed by atoms with van der Waals surface area (Å²) in [7, 11) is 0. The number of likely N-dealkylation sites (tertiary alicyclic amines) is 1. The average molecular weight is 332 g/mol. The van der Waals surface area contributed by atoms with Gasteiger partial charge in [-0.25, -0.2) is 9.89 Å². The van der Waals surface area contributed by atoms with E-state index in [0.29, 0.717) is 12.5 Å². The largest absolute Gasteiger partial charge is 0.343 e. The minimum atomic E-state index is -0.104. The van der Waals surface area contributed by atoms with Gasteiger partial charge in [-0.15, -0.1) is 0 Å². The summed E-state index contributed by atoms with van der Waals surface area (Å²) in [5, 5.41) is 14.5. The summed E-state index contributed by atoms with van der Waals surface area (Å²) < 4.78 is 1.75. The topological polar surface area (TPSA) is 82.6 Å². The molecule has 0 radical (unpaired) electrons. The molecule has 3 heterocycles. The molecule has 2 aromatic rings. The summed E-state index contributed by atoms with van der Waals surface area (Å²) in [6.07, 6.45) is 2.20. The van der Waals surface area contributed by atoms with Gasteiger partial charge in [0.1, 0.15) is 5.82 Å². The van der Waals surface area contributed by atoms with Gasteiger partial charge in [0.25, 0.3) is 0 Å². The van der Waals surface area contributed by atoms with Crippen LogP contribution in [0.25, 0.3) is 0 Å². The summed E-state index contributed by atoms with van der Waals surface area (Å²) >= 11 is 0. The van der Waals surface area contributed by atoms with Gasteiger partial charge in [0.05, 0.1) is 5.69 Å². The summed E-state index contributed by atoms with van der Waals surface area (Å²) in [5.41, 5.74) is 2.20. The lowest BCUT2D eigenvalue weighted by Gasteiger charge is -2.31. The Bertz CT molecular complexity index is 735. The molecule has 1 fully saturated rings. The molecule has 1 saturated heterocycles. The van der Waals surface area contributed by atoms with Crippen molar-refractivity contribution in [3.63, 3.8) is 0 Å². The van der Waals surface area contributed by atoms with Crippen molar-refractivity contribution in [2.45, 2.75) is 65.0 Å². The minimum Gasteiger partial charge on any atom is -0.297 e. The van der Waals surface area contributed by atoms with Crippen LogP contribution in [0.2, 0.25) is 0 Å². The van der Waals surface area contributed by atoms with Crippen LogP contribution in [-0.4, -0.2) is 43.0 Å².